The summed E-state index contributed by atoms with van der Waals surface area (Å²) in [5.41, 5.74) is 0.331. The van der Waals surface area contributed by atoms with Crippen molar-refractivity contribution in [2.75, 3.05) is 14.2 Å². The Morgan fingerprint density at radius 3 is 2.08 bits per heavy atom. The lowest BCUT2D eigenvalue weighted by atomic mass is 9.56. The molecule has 0 aromatic heterocycles. The molecule has 0 aromatic carbocycles. The number of nitrogens with one attached hydrogen (secondary N) is 1. The molecular weight excluding hydrogens is 174 g/mol. The van der Waals surface area contributed by atoms with E-state index in [0.29, 0.717) is 6.04 Å². The molecule has 0 heterocycles. The van der Waals surface area contributed by atoms with E-state index in [9.17, 15) is 0 Å². The summed E-state index contributed by atoms with van der Waals surface area (Å²) >= 11 is 0. The van der Waals surface area contributed by atoms with Gasteiger partial charge in [0.25, 0.3) is 0 Å². The maximum absolute atomic E-state index is 5.48. The summed E-state index contributed by atoms with van der Waals surface area (Å²) in [6.45, 7) is 6.68. The lowest BCUT2D eigenvalue weighted by Gasteiger charge is -2.59. The van der Waals surface area contributed by atoms with Crippen molar-refractivity contribution in [3.05, 3.63) is 0 Å². The van der Waals surface area contributed by atoms with Crippen LogP contribution in [0.4, 0.5) is 0 Å². The first-order chi connectivity index (χ1) is 4.98. The SMILES string of the molecule is CNC1CC(C)(OC)C1(C)C.Cl. The second-order valence-electron chi connectivity index (χ2n) is 4.20. The van der Waals surface area contributed by atoms with Crippen molar-refractivity contribution in [1.29, 1.82) is 0 Å². The summed E-state index contributed by atoms with van der Waals surface area (Å²) in [6, 6.07) is 0.604. The Balaban J connectivity index is 0.00000121. The predicted molar refractivity (Wildman–Crippen MR) is 53.9 cm³/mol. The van der Waals surface area contributed by atoms with E-state index in [1.807, 2.05) is 7.05 Å². The minimum atomic E-state index is 0. The number of rotatable bonds is 2. The Morgan fingerprint density at radius 2 is 1.83 bits per heavy atom. The highest BCUT2D eigenvalue weighted by atomic mass is 35.5. The summed E-state index contributed by atoms with van der Waals surface area (Å²) < 4.78 is 5.48. The van der Waals surface area contributed by atoms with E-state index >= 15 is 0 Å². The number of halogens is 1. The van der Waals surface area contributed by atoms with Crippen molar-refractivity contribution in [3.8, 4) is 0 Å². The van der Waals surface area contributed by atoms with Crippen LogP contribution in [0.3, 0.4) is 0 Å². The van der Waals surface area contributed by atoms with E-state index in [1.54, 1.807) is 7.11 Å². The summed E-state index contributed by atoms with van der Waals surface area (Å²) in [5, 5.41) is 3.30. The topological polar surface area (TPSA) is 21.3 Å². The largest absolute Gasteiger partial charge is 0.378 e. The summed E-state index contributed by atoms with van der Waals surface area (Å²) in [4.78, 5) is 0. The van der Waals surface area contributed by atoms with Gasteiger partial charge >= 0.3 is 0 Å². The zero-order valence-corrected chi connectivity index (χ0v) is 9.42. The second-order valence-corrected chi connectivity index (χ2v) is 4.20. The van der Waals surface area contributed by atoms with Crippen LogP contribution in [-0.4, -0.2) is 25.8 Å². The van der Waals surface area contributed by atoms with Crippen LogP contribution < -0.4 is 5.32 Å². The van der Waals surface area contributed by atoms with E-state index < -0.39 is 0 Å². The van der Waals surface area contributed by atoms with E-state index in [4.69, 9.17) is 4.74 Å². The molecule has 3 heteroatoms. The molecule has 0 bridgehead atoms. The fraction of sp³-hybridized carbons (Fsp3) is 1.00. The molecule has 0 radical (unpaired) electrons. The lowest BCUT2D eigenvalue weighted by molar-refractivity contribution is -0.179. The molecule has 0 aromatic rings. The van der Waals surface area contributed by atoms with Crippen LogP contribution >= 0.6 is 12.4 Å². The van der Waals surface area contributed by atoms with Gasteiger partial charge in [0, 0.05) is 18.6 Å². The Bertz CT molecular complexity index is 161. The molecule has 1 saturated carbocycles. The van der Waals surface area contributed by atoms with Gasteiger partial charge in [-0.05, 0) is 20.4 Å². The molecule has 12 heavy (non-hydrogen) atoms. The molecule has 0 saturated heterocycles. The first-order valence-corrected chi connectivity index (χ1v) is 4.20. The highest BCUT2D eigenvalue weighted by molar-refractivity contribution is 5.85. The average molecular weight is 194 g/mol. The Morgan fingerprint density at radius 1 is 1.33 bits per heavy atom. The quantitative estimate of drug-likeness (QED) is 0.723. The fourth-order valence-corrected chi connectivity index (χ4v) is 1.95. The summed E-state index contributed by atoms with van der Waals surface area (Å²) in [6.07, 6.45) is 1.12. The summed E-state index contributed by atoms with van der Waals surface area (Å²) in [5.74, 6) is 0. The average Bonchev–Trinajstić information content (AvgIpc) is 1.99. The number of hydrogen-bond acceptors (Lipinski definition) is 2. The van der Waals surface area contributed by atoms with Crippen LogP contribution in [0.15, 0.2) is 0 Å². The maximum Gasteiger partial charge on any atom is 0.0731 e. The smallest absolute Gasteiger partial charge is 0.0731 e. The van der Waals surface area contributed by atoms with Gasteiger partial charge in [0.1, 0.15) is 0 Å². The van der Waals surface area contributed by atoms with E-state index in [0.717, 1.165) is 6.42 Å². The van der Waals surface area contributed by atoms with Crippen molar-refractivity contribution in [3.63, 3.8) is 0 Å². The molecule has 1 N–H and O–H groups in total. The molecule has 2 atom stereocenters. The normalized spacial score (nSPS) is 38.2. The highest BCUT2D eigenvalue weighted by Gasteiger charge is 2.56. The molecule has 1 aliphatic rings. The molecule has 1 fully saturated rings. The lowest BCUT2D eigenvalue weighted by Crippen LogP contribution is -2.67. The monoisotopic (exact) mass is 193 g/mol. The van der Waals surface area contributed by atoms with Gasteiger partial charge in [-0.25, -0.2) is 0 Å². The summed E-state index contributed by atoms with van der Waals surface area (Å²) in [7, 11) is 3.81. The number of ether oxygens (including phenoxy) is 1. The number of methoxy groups -OCH3 is 1. The standard InChI is InChI=1S/C9H19NO.ClH/c1-8(2)7(10-4)6-9(8,3)11-5;/h7,10H,6H2,1-5H3;1H. The molecule has 0 aliphatic heterocycles. The van der Waals surface area contributed by atoms with Gasteiger partial charge in [0.2, 0.25) is 0 Å². The third kappa shape index (κ3) is 1.36. The van der Waals surface area contributed by atoms with Crippen molar-refractivity contribution in [2.24, 2.45) is 5.41 Å². The molecule has 0 spiro atoms. The van der Waals surface area contributed by atoms with Gasteiger partial charge in [0.05, 0.1) is 5.60 Å². The molecule has 1 aliphatic carbocycles. The Hall–Kier alpha value is 0.210. The molecule has 74 valence electrons. The van der Waals surface area contributed by atoms with Gasteiger partial charge in [-0.3, -0.25) is 0 Å². The molecule has 1 rings (SSSR count). The van der Waals surface area contributed by atoms with E-state index in [1.165, 1.54) is 0 Å². The zero-order chi connectivity index (χ0) is 8.70. The van der Waals surface area contributed by atoms with Gasteiger partial charge < -0.3 is 10.1 Å². The van der Waals surface area contributed by atoms with Gasteiger partial charge in [0.15, 0.2) is 0 Å². The zero-order valence-electron chi connectivity index (χ0n) is 8.60. The Labute approximate surface area is 81.5 Å². The fourth-order valence-electron chi connectivity index (χ4n) is 1.95. The minimum Gasteiger partial charge on any atom is -0.378 e. The Kier molecular flexibility index (Phi) is 3.59. The van der Waals surface area contributed by atoms with Crippen LogP contribution in [0.25, 0.3) is 0 Å². The first-order valence-electron chi connectivity index (χ1n) is 4.20. The van der Waals surface area contributed by atoms with Crippen LogP contribution in [0.2, 0.25) is 0 Å². The van der Waals surface area contributed by atoms with E-state index in [-0.39, 0.29) is 23.4 Å². The maximum atomic E-state index is 5.48. The van der Waals surface area contributed by atoms with Crippen molar-refractivity contribution < 1.29 is 4.74 Å². The molecule has 2 unspecified atom stereocenters. The van der Waals surface area contributed by atoms with Crippen molar-refractivity contribution in [2.45, 2.75) is 38.8 Å². The highest BCUT2D eigenvalue weighted by Crippen LogP contribution is 2.51. The van der Waals surface area contributed by atoms with Crippen LogP contribution in [0.5, 0.6) is 0 Å². The third-order valence-corrected chi connectivity index (χ3v) is 3.63. The molecular formula is C9H20ClNO. The number of hydrogen-bond donors (Lipinski definition) is 1. The van der Waals surface area contributed by atoms with Crippen molar-refractivity contribution >= 4 is 12.4 Å². The second kappa shape index (κ2) is 3.52. The first kappa shape index (κ1) is 12.2. The van der Waals surface area contributed by atoms with Crippen LogP contribution in [0.1, 0.15) is 27.2 Å². The van der Waals surface area contributed by atoms with Crippen LogP contribution in [-0.2, 0) is 4.74 Å². The van der Waals surface area contributed by atoms with Gasteiger partial charge in [-0.15, -0.1) is 12.4 Å². The minimum absolute atomic E-state index is 0. The third-order valence-electron chi connectivity index (χ3n) is 3.63. The van der Waals surface area contributed by atoms with Gasteiger partial charge in [-0.2, -0.15) is 0 Å². The van der Waals surface area contributed by atoms with Crippen LogP contribution in [0, 0.1) is 5.41 Å². The van der Waals surface area contributed by atoms with E-state index in [2.05, 4.69) is 26.1 Å². The molecule has 0 amide bonds. The van der Waals surface area contributed by atoms with Gasteiger partial charge in [-0.1, -0.05) is 13.8 Å². The molecule has 2 nitrogen and oxygen atoms in total. The predicted octanol–water partition coefficient (Wildman–Crippen LogP) is 1.83. The van der Waals surface area contributed by atoms with Crippen molar-refractivity contribution in [1.82, 2.24) is 5.32 Å².